The first-order valence-electron chi connectivity index (χ1n) is 10.1. The summed E-state index contributed by atoms with van der Waals surface area (Å²) in [5.74, 6) is -0.923. The maximum atomic E-state index is 13.2. The van der Waals surface area contributed by atoms with Gasteiger partial charge in [0, 0.05) is 17.7 Å². The van der Waals surface area contributed by atoms with E-state index in [0.717, 1.165) is 42.5 Å². The number of ether oxygens (including phenoxy) is 1. The van der Waals surface area contributed by atoms with E-state index in [2.05, 4.69) is 10.6 Å². The van der Waals surface area contributed by atoms with Crippen LogP contribution in [0.5, 0.6) is 5.75 Å². The summed E-state index contributed by atoms with van der Waals surface area (Å²) >= 11 is 1.45. The second-order valence-electron chi connectivity index (χ2n) is 7.22. The summed E-state index contributed by atoms with van der Waals surface area (Å²) in [7, 11) is 1.55. The largest absolute Gasteiger partial charge is 0.495 e. The van der Waals surface area contributed by atoms with Gasteiger partial charge in [-0.25, -0.2) is 0 Å². The maximum Gasteiger partial charge on any atom is 0.303 e. The van der Waals surface area contributed by atoms with Gasteiger partial charge in [-0.2, -0.15) is 0 Å². The standard InChI is InChI=1S/C22H26N2O5S/c1-29-16-10-6-5-9-15(16)23-21(28)20-14-8-3-2-4-11-17(14)30-22(20)24-18(25)12-7-13-19(26)27/h5-6,9-10H,2-4,7-8,11-13H2,1H3,(H,23,28)(H,24,25)(H,26,27). The Morgan fingerprint density at radius 1 is 1.07 bits per heavy atom. The van der Waals surface area contributed by atoms with Crippen molar-refractivity contribution in [2.24, 2.45) is 0 Å². The molecule has 1 aliphatic rings. The number of fused-ring (bicyclic) bond motifs is 1. The molecule has 8 heteroatoms. The topological polar surface area (TPSA) is 105 Å². The highest BCUT2D eigenvalue weighted by atomic mass is 32.1. The number of thiophene rings is 1. The lowest BCUT2D eigenvalue weighted by molar-refractivity contribution is -0.137. The Morgan fingerprint density at radius 3 is 2.60 bits per heavy atom. The number of carboxylic acid groups (broad SMARTS) is 1. The Morgan fingerprint density at radius 2 is 1.83 bits per heavy atom. The zero-order valence-electron chi connectivity index (χ0n) is 17.0. The third-order valence-electron chi connectivity index (χ3n) is 5.05. The summed E-state index contributed by atoms with van der Waals surface area (Å²) in [6.07, 6.45) is 5.18. The molecule has 0 spiro atoms. The van der Waals surface area contributed by atoms with Crippen LogP contribution in [0.4, 0.5) is 10.7 Å². The number of carboxylic acids is 1. The van der Waals surface area contributed by atoms with E-state index in [4.69, 9.17) is 9.84 Å². The predicted molar refractivity (Wildman–Crippen MR) is 117 cm³/mol. The molecule has 0 unspecified atom stereocenters. The lowest BCUT2D eigenvalue weighted by atomic mass is 10.0. The Hall–Kier alpha value is -2.87. The second-order valence-corrected chi connectivity index (χ2v) is 8.32. The lowest BCUT2D eigenvalue weighted by Crippen LogP contribution is -2.18. The molecule has 2 aromatic rings. The number of amides is 2. The number of para-hydroxylation sites is 2. The van der Waals surface area contributed by atoms with Crippen molar-refractivity contribution in [1.82, 2.24) is 0 Å². The van der Waals surface area contributed by atoms with E-state index < -0.39 is 5.97 Å². The first kappa shape index (κ1) is 21.8. The van der Waals surface area contributed by atoms with Crippen molar-refractivity contribution in [1.29, 1.82) is 0 Å². The van der Waals surface area contributed by atoms with E-state index in [1.54, 1.807) is 19.2 Å². The molecule has 2 amide bonds. The van der Waals surface area contributed by atoms with Gasteiger partial charge < -0.3 is 20.5 Å². The Balaban J connectivity index is 1.85. The normalized spacial score (nSPS) is 13.1. The summed E-state index contributed by atoms with van der Waals surface area (Å²) in [6, 6.07) is 7.19. The third-order valence-corrected chi connectivity index (χ3v) is 6.26. The molecule has 0 aliphatic heterocycles. The van der Waals surface area contributed by atoms with E-state index in [9.17, 15) is 14.4 Å². The highest BCUT2D eigenvalue weighted by Gasteiger charge is 2.26. The van der Waals surface area contributed by atoms with Gasteiger partial charge in [-0.3, -0.25) is 14.4 Å². The zero-order chi connectivity index (χ0) is 21.5. The number of methoxy groups -OCH3 is 1. The molecule has 0 radical (unpaired) electrons. The van der Waals surface area contributed by atoms with Crippen molar-refractivity contribution in [3.05, 3.63) is 40.3 Å². The predicted octanol–water partition coefficient (Wildman–Crippen LogP) is 4.47. The number of carbonyl (C=O) groups excluding carboxylic acids is 2. The van der Waals surface area contributed by atoms with E-state index in [1.165, 1.54) is 11.3 Å². The minimum atomic E-state index is -0.928. The van der Waals surface area contributed by atoms with Crippen LogP contribution in [0, 0.1) is 0 Å². The fraction of sp³-hybridized carbons (Fsp3) is 0.409. The van der Waals surface area contributed by atoms with E-state index in [0.29, 0.717) is 22.0 Å². The molecular weight excluding hydrogens is 404 g/mol. The van der Waals surface area contributed by atoms with Crippen LogP contribution in [-0.4, -0.2) is 30.0 Å². The molecular formula is C22H26N2O5S. The number of benzene rings is 1. The molecule has 1 aromatic heterocycles. The van der Waals surface area contributed by atoms with Crippen LogP contribution in [0.25, 0.3) is 0 Å². The number of anilines is 2. The summed E-state index contributed by atoms with van der Waals surface area (Å²) in [5, 5.41) is 15.1. The molecule has 3 rings (SSSR count). The van der Waals surface area contributed by atoms with Crippen LogP contribution < -0.4 is 15.4 Å². The molecule has 1 heterocycles. The quantitative estimate of drug-likeness (QED) is 0.536. The molecule has 3 N–H and O–H groups in total. The highest BCUT2D eigenvalue weighted by molar-refractivity contribution is 7.17. The van der Waals surface area contributed by atoms with Crippen LogP contribution >= 0.6 is 11.3 Å². The first-order valence-corrected chi connectivity index (χ1v) is 10.9. The number of hydrogen-bond acceptors (Lipinski definition) is 5. The summed E-state index contributed by atoms with van der Waals surface area (Å²) in [4.78, 5) is 37.4. The Bertz CT molecular complexity index is 938. The second kappa shape index (κ2) is 10.2. The zero-order valence-corrected chi connectivity index (χ0v) is 17.8. The van der Waals surface area contributed by atoms with Gasteiger partial charge in [0.2, 0.25) is 5.91 Å². The Kier molecular flexibility index (Phi) is 7.46. The number of rotatable bonds is 8. The van der Waals surface area contributed by atoms with E-state index >= 15 is 0 Å². The average Bonchev–Trinajstić information content (AvgIpc) is 2.88. The van der Waals surface area contributed by atoms with Crippen LogP contribution in [-0.2, 0) is 22.4 Å². The van der Waals surface area contributed by atoms with Crippen molar-refractivity contribution in [2.75, 3.05) is 17.7 Å². The Labute approximate surface area is 179 Å². The monoisotopic (exact) mass is 430 g/mol. The molecule has 7 nitrogen and oxygen atoms in total. The lowest BCUT2D eigenvalue weighted by Gasteiger charge is -2.12. The van der Waals surface area contributed by atoms with Gasteiger partial charge in [-0.05, 0) is 49.8 Å². The molecule has 160 valence electrons. The third kappa shape index (κ3) is 5.38. The van der Waals surface area contributed by atoms with Gasteiger partial charge in [-0.1, -0.05) is 18.6 Å². The van der Waals surface area contributed by atoms with E-state index in [-0.39, 0.29) is 31.1 Å². The van der Waals surface area contributed by atoms with Gasteiger partial charge in [0.15, 0.2) is 0 Å². The van der Waals surface area contributed by atoms with Crippen molar-refractivity contribution < 1.29 is 24.2 Å². The van der Waals surface area contributed by atoms with Crippen molar-refractivity contribution in [3.8, 4) is 5.75 Å². The fourth-order valence-corrected chi connectivity index (χ4v) is 4.90. The van der Waals surface area contributed by atoms with Gasteiger partial charge in [0.25, 0.3) is 5.91 Å². The van der Waals surface area contributed by atoms with E-state index in [1.807, 2.05) is 12.1 Å². The van der Waals surface area contributed by atoms with Crippen molar-refractivity contribution in [3.63, 3.8) is 0 Å². The molecule has 1 aliphatic carbocycles. The number of carbonyl (C=O) groups is 3. The van der Waals surface area contributed by atoms with Crippen LogP contribution in [0.15, 0.2) is 24.3 Å². The van der Waals surface area contributed by atoms with Crippen molar-refractivity contribution >= 4 is 39.8 Å². The van der Waals surface area contributed by atoms with Crippen LogP contribution in [0.1, 0.15) is 59.3 Å². The molecule has 0 saturated carbocycles. The maximum absolute atomic E-state index is 13.2. The van der Waals surface area contributed by atoms with Crippen LogP contribution in [0.2, 0.25) is 0 Å². The van der Waals surface area contributed by atoms with Crippen molar-refractivity contribution in [2.45, 2.75) is 51.4 Å². The SMILES string of the molecule is COc1ccccc1NC(=O)c1c(NC(=O)CCCC(=O)O)sc2c1CCCCC2. The highest BCUT2D eigenvalue weighted by Crippen LogP contribution is 2.38. The fourth-order valence-electron chi connectivity index (χ4n) is 3.59. The number of aryl methyl sites for hydroxylation is 1. The van der Waals surface area contributed by atoms with Gasteiger partial charge in [0.05, 0.1) is 18.4 Å². The summed E-state index contributed by atoms with van der Waals surface area (Å²) < 4.78 is 5.32. The summed E-state index contributed by atoms with van der Waals surface area (Å²) in [6.45, 7) is 0. The molecule has 0 bridgehead atoms. The number of aliphatic carboxylic acids is 1. The summed E-state index contributed by atoms with van der Waals surface area (Å²) in [5.41, 5.74) is 2.08. The van der Waals surface area contributed by atoms with Gasteiger partial charge in [0.1, 0.15) is 10.8 Å². The van der Waals surface area contributed by atoms with Gasteiger partial charge >= 0.3 is 5.97 Å². The minimum absolute atomic E-state index is 0.0600. The molecule has 1 aromatic carbocycles. The van der Waals surface area contributed by atoms with Gasteiger partial charge in [-0.15, -0.1) is 11.3 Å². The number of nitrogens with one attached hydrogen (secondary N) is 2. The molecule has 0 fully saturated rings. The average molecular weight is 431 g/mol. The molecule has 30 heavy (non-hydrogen) atoms. The minimum Gasteiger partial charge on any atom is -0.495 e. The molecule has 0 saturated heterocycles. The number of hydrogen-bond donors (Lipinski definition) is 3. The first-order chi connectivity index (χ1) is 14.5. The van der Waals surface area contributed by atoms with Crippen LogP contribution in [0.3, 0.4) is 0 Å². The smallest absolute Gasteiger partial charge is 0.303 e. The molecule has 0 atom stereocenters.